The Bertz CT molecular complexity index is 441. The van der Waals surface area contributed by atoms with Crippen LogP contribution in [0.15, 0.2) is 18.3 Å². The number of nitro groups is 1. The maximum absolute atomic E-state index is 10.6. The van der Waals surface area contributed by atoms with Gasteiger partial charge in [-0.05, 0) is 13.8 Å². The minimum Gasteiger partial charge on any atom is -0.355 e. The fourth-order valence-electron chi connectivity index (χ4n) is 1.45. The summed E-state index contributed by atoms with van der Waals surface area (Å²) in [5.41, 5.74) is 0.0121. The van der Waals surface area contributed by atoms with Gasteiger partial charge in [0, 0.05) is 25.4 Å². The maximum atomic E-state index is 10.6. The van der Waals surface area contributed by atoms with E-state index < -0.39 is 4.92 Å². The Kier molecular flexibility index (Phi) is 4.40. The first kappa shape index (κ1) is 12.9. The number of pyridine rings is 1. The molecule has 0 spiro atoms. The van der Waals surface area contributed by atoms with Crippen LogP contribution in [-0.2, 0) is 0 Å². The second kappa shape index (κ2) is 5.80. The predicted molar refractivity (Wildman–Crippen MR) is 63.6 cm³/mol. The largest absolute Gasteiger partial charge is 0.355 e. The number of nitrogens with zero attached hydrogens (tertiary/aromatic N) is 4. The van der Waals surface area contributed by atoms with Gasteiger partial charge in [0.1, 0.15) is 5.82 Å². The first-order chi connectivity index (χ1) is 8.08. The van der Waals surface area contributed by atoms with Crippen LogP contribution in [0, 0.1) is 27.4 Å². The molecule has 0 aliphatic rings. The van der Waals surface area contributed by atoms with Gasteiger partial charge in [-0.3, -0.25) is 10.1 Å². The van der Waals surface area contributed by atoms with Crippen molar-refractivity contribution in [3.8, 4) is 6.07 Å². The van der Waals surface area contributed by atoms with Crippen LogP contribution < -0.4 is 4.90 Å². The van der Waals surface area contributed by atoms with Crippen LogP contribution in [0.2, 0.25) is 0 Å². The van der Waals surface area contributed by atoms with E-state index in [-0.39, 0.29) is 11.6 Å². The molecule has 1 aromatic rings. The van der Waals surface area contributed by atoms with Crippen LogP contribution in [0.4, 0.5) is 11.5 Å². The Morgan fingerprint density at radius 1 is 1.71 bits per heavy atom. The van der Waals surface area contributed by atoms with E-state index in [4.69, 9.17) is 5.26 Å². The van der Waals surface area contributed by atoms with Gasteiger partial charge in [0.15, 0.2) is 0 Å². The predicted octanol–water partition coefficient (Wildman–Crippen LogP) is 1.98. The third kappa shape index (κ3) is 3.41. The Labute approximate surface area is 99.6 Å². The molecule has 6 heteroatoms. The lowest BCUT2D eigenvalue weighted by molar-refractivity contribution is -0.384. The minimum atomic E-state index is -0.452. The average Bonchev–Trinajstić information content (AvgIpc) is 2.35. The topological polar surface area (TPSA) is 83.1 Å². The molecule has 0 N–H and O–H groups in total. The van der Waals surface area contributed by atoms with Crippen molar-refractivity contribution >= 4 is 11.5 Å². The highest BCUT2D eigenvalue weighted by molar-refractivity contribution is 5.46. The van der Waals surface area contributed by atoms with E-state index in [1.807, 2.05) is 11.8 Å². The molecule has 1 rings (SSSR count). The number of aromatic nitrogens is 1. The van der Waals surface area contributed by atoms with E-state index >= 15 is 0 Å². The molecular weight excluding hydrogens is 220 g/mol. The van der Waals surface area contributed by atoms with Crippen molar-refractivity contribution in [1.82, 2.24) is 4.98 Å². The van der Waals surface area contributed by atoms with Crippen molar-refractivity contribution in [3.63, 3.8) is 0 Å². The monoisotopic (exact) mass is 234 g/mol. The van der Waals surface area contributed by atoms with E-state index in [0.29, 0.717) is 18.9 Å². The summed E-state index contributed by atoms with van der Waals surface area (Å²) in [5, 5.41) is 19.4. The Morgan fingerprint density at radius 3 is 2.94 bits per heavy atom. The summed E-state index contributed by atoms with van der Waals surface area (Å²) in [6, 6.07) is 4.91. The van der Waals surface area contributed by atoms with Gasteiger partial charge in [0.25, 0.3) is 5.69 Å². The van der Waals surface area contributed by atoms with Crippen molar-refractivity contribution < 1.29 is 4.92 Å². The lowest BCUT2D eigenvalue weighted by Crippen LogP contribution is -2.28. The zero-order valence-corrected chi connectivity index (χ0v) is 9.83. The zero-order chi connectivity index (χ0) is 12.8. The highest BCUT2D eigenvalue weighted by Gasteiger charge is 2.13. The SMILES string of the molecule is CCN(CC(C)C#N)c1cc([N+](=O)[O-])ccn1. The van der Waals surface area contributed by atoms with E-state index in [1.54, 1.807) is 6.92 Å². The Balaban J connectivity index is 2.92. The molecule has 6 nitrogen and oxygen atoms in total. The quantitative estimate of drug-likeness (QED) is 0.574. The molecule has 1 unspecified atom stereocenters. The Hall–Kier alpha value is -2.16. The van der Waals surface area contributed by atoms with Crippen molar-refractivity contribution in [2.75, 3.05) is 18.0 Å². The molecule has 1 heterocycles. The fourth-order valence-corrected chi connectivity index (χ4v) is 1.45. The van der Waals surface area contributed by atoms with Crippen LogP contribution in [0.5, 0.6) is 0 Å². The van der Waals surface area contributed by atoms with Crippen LogP contribution in [0.1, 0.15) is 13.8 Å². The average molecular weight is 234 g/mol. The van der Waals surface area contributed by atoms with E-state index in [2.05, 4.69) is 11.1 Å². The fraction of sp³-hybridized carbons (Fsp3) is 0.455. The van der Waals surface area contributed by atoms with Crippen molar-refractivity contribution in [2.24, 2.45) is 5.92 Å². The number of hydrogen-bond donors (Lipinski definition) is 0. The van der Waals surface area contributed by atoms with Gasteiger partial charge in [-0.2, -0.15) is 5.26 Å². The minimum absolute atomic E-state index is 0.0121. The van der Waals surface area contributed by atoms with E-state index in [0.717, 1.165) is 0 Å². The van der Waals surface area contributed by atoms with Crippen molar-refractivity contribution in [3.05, 3.63) is 28.4 Å². The summed E-state index contributed by atoms with van der Waals surface area (Å²) < 4.78 is 0. The maximum Gasteiger partial charge on any atom is 0.274 e. The molecule has 0 fully saturated rings. The summed E-state index contributed by atoms with van der Waals surface area (Å²) >= 11 is 0. The van der Waals surface area contributed by atoms with Crippen LogP contribution >= 0.6 is 0 Å². The number of hydrogen-bond acceptors (Lipinski definition) is 5. The van der Waals surface area contributed by atoms with Gasteiger partial charge in [-0.1, -0.05) is 0 Å². The van der Waals surface area contributed by atoms with Gasteiger partial charge in [-0.25, -0.2) is 4.98 Å². The third-order valence-electron chi connectivity index (χ3n) is 2.36. The highest BCUT2D eigenvalue weighted by Crippen LogP contribution is 2.18. The summed E-state index contributed by atoms with van der Waals surface area (Å²) in [6.07, 6.45) is 1.41. The second-order valence-electron chi connectivity index (χ2n) is 3.70. The third-order valence-corrected chi connectivity index (χ3v) is 2.36. The number of anilines is 1. The van der Waals surface area contributed by atoms with Crippen molar-refractivity contribution in [1.29, 1.82) is 5.26 Å². The highest BCUT2D eigenvalue weighted by atomic mass is 16.6. The lowest BCUT2D eigenvalue weighted by Gasteiger charge is -2.22. The lowest BCUT2D eigenvalue weighted by atomic mass is 10.2. The normalized spacial score (nSPS) is 11.6. The van der Waals surface area contributed by atoms with Crippen molar-refractivity contribution in [2.45, 2.75) is 13.8 Å². The molecule has 0 saturated heterocycles. The first-order valence-corrected chi connectivity index (χ1v) is 5.33. The first-order valence-electron chi connectivity index (χ1n) is 5.33. The molecule has 1 atom stereocenters. The van der Waals surface area contributed by atoms with Crippen LogP contribution in [0.3, 0.4) is 0 Å². The van der Waals surface area contributed by atoms with Gasteiger partial charge >= 0.3 is 0 Å². The standard InChI is InChI=1S/C11H14N4O2/c1-3-14(8-9(2)7-12)11-6-10(15(16)17)4-5-13-11/h4-6,9H,3,8H2,1-2H3. The van der Waals surface area contributed by atoms with E-state index in [9.17, 15) is 10.1 Å². The molecule has 0 bridgehead atoms. The smallest absolute Gasteiger partial charge is 0.274 e. The zero-order valence-electron chi connectivity index (χ0n) is 9.83. The van der Waals surface area contributed by atoms with Crippen LogP contribution in [0.25, 0.3) is 0 Å². The molecule has 0 radical (unpaired) electrons. The molecule has 0 amide bonds. The molecule has 0 aromatic carbocycles. The van der Waals surface area contributed by atoms with Gasteiger partial charge in [0.05, 0.1) is 23.0 Å². The summed E-state index contributed by atoms with van der Waals surface area (Å²) in [7, 11) is 0. The number of rotatable bonds is 5. The molecule has 17 heavy (non-hydrogen) atoms. The molecule has 0 saturated carbocycles. The molecule has 0 aliphatic heterocycles. The van der Waals surface area contributed by atoms with Gasteiger partial charge in [-0.15, -0.1) is 0 Å². The van der Waals surface area contributed by atoms with Gasteiger partial charge < -0.3 is 4.90 Å². The Morgan fingerprint density at radius 2 is 2.41 bits per heavy atom. The summed E-state index contributed by atoms with van der Waals surface area (Å²) in [4.78, 5) is 16.1. The molecule has 90 valence electrons. The van der Waals surface area contributed by atoms with Crippen LogP contribution in [-0.4, -0.2) is 23.0 Å². The van der Waals surface area contributed by atoms with Gasteiger partial charge in [0.2, 0.25) is 0 Å². The molecule has 1 aromatic heterocycles. The summed E-state index contributed by atoms with van der Waals surface area (Å²) in [5.74, 6) is 0.389. The second-order valence-corrected chi connectivity index (χ2v) is 3.70. The number of nitriles is 1. The molecular formula is C11H14N4O2. The molecule has 0 aliphatic carbocycles. The van der Waals surface area contributed by atoms with E-state index in [1.165, 1.54) is 18.3 Å². The summed E-state index contributed by atoms with van der Waals surface area (Å²) in [6.45, 7) is 4.89.